The van der Waals surface area contributed by atoms with Crippen LogP contribution >= 0.6 is 0 Å². The Morgan fingerprint density at radius 3 is 2.00 bits per heavy atom. The van der Waals surface area contributed by atoms with Crippen LogP contribution in [0.2, 0.25) is 0 Å². The van der Waals surface area contributed by atoms with Gasteiger partial charge in [-0.3, -0.25) is 0 Å². The highest BCUT2D eigenvalue weighted by Gasteiger charge is 2.13. The molecule has 0 aliphatic heterocycles. The fourth-order valence-electron chi connectivity index (χ4n) is 4.69. The van der Waals surface area contributed by atoms with E-state index in [1.807, 2.05) is 54.6 Å². The van der Waals surface area contributed by atoms with E-state index in [0.717, 1.165) is 56.0 Å². The molecule has 6 rings (SSSR count). The number of aromatic nitrogens is 1. The molecule has 5 aromatic carbocycles. The first-order valence-electron chi connectivity index (χ1n) is 11.5. The van der Waals surface area contributed by atoms with E-state index in [1.54, 1.807) is 0 Å². The summed E-state index contributed by atoms with van der Waals surface area (Å²) >= 11 is 0. The van der Waals surface area contributed by atoms with Gasteiger partial charge >= 0.3 is 0 Å². The van der Waals surface area contributed by atoms with Gasteiger partial charge in [0, 0.05) is 50.5 Å². The zero-order valence-corrected chi connectivity index (χ0v) is 19.1. The molecule has 0 atom stereocenters. The maximum atomic E-state index is 6.16. The van der Waals surface area contributed by atoms with E-state index in [-0.39, 0.29) is 0 Å². The molecule has 0 fully saturated rings. The van der Waals surface area contributed by atoms with Crippen molar-refractivity contribution >= 4 is 50.2 Å². The van der Waals surface area contributed by atoms with Crippen molar-refractivity contribution in [2.45, 2.75) is 0 Å². The number of hydrogen-bond acceptors (Lipinski definition) is 4. The van der Waals surface area contributed by atoms with E-state index in [1.165, 1.54) is 5.39 Å². The molecular formula is C30H25N5. The number of para-hydroxylation sites is 1. The minimum Gasteiger partial charge on any atom is -0.399 e. The Balaban J connectivity index is 1.44. The molecule has 5 nitrogen and oxygen atoms in total. The van der Waals surface area contributed by atoms with Crippen molar-refractivity contribution in [1.29, 1.82) is 0 Å². The third-order valence-corrected chi connectivity index (χ3v) is 6.37. The van der Waals surface area contributed by atoms with Crippen molar-refractivity contribution in [1.82, 2.24) is 4.57 Å². The zero-order chi connectivity index (χ0) is 23.9. The molecule has 1 heterocycles. The van der Waals surface area contributed by atoms with E-state index in [9.17, 15) is 0 Å². The van der Waals surface area contributed by atoms with Gasteiger partial charge in [0.2, 0.25) is 0 Å². The molecule has 5 heteroatoms. The summed E-state index contributed by atoms with van der Waals surface area (Å²) < 4.78 is 2.28. The van der Waals surface area contributed by atoms with Gasteiger partial charge in [0.05, 0.1) is 11.0 Å². The van der Waals surface area contributed by atoms with E-state index in [0.29, 0.717) is 5.69 Å². The number of benzene rings is 5. The van der Waals surface area contributed by atoms with Crippen LogP contribution in [0.1, 0.15) is 0 Å². The van der Waals surface area contributed by atoms with Crippen molar-refractivity contribution in [3.05, 3.63) is 109 Å². The number of nitrogens with zero attached hydrogens (tertiary/aromatic N) is 1. The van der Waals surface area contributed by atoms with Crippen LogP contribution in [0.4, 0.5) is 28.4 Å². The number of nitrogens with two attached hydrogens (primary N) is 3. The SMILES string of the molecule is Nc1ccc(Nc2ccc(N)cc2-c2ccc(-n3c4ccccc4c4cc(N)ccc43)cc2)cc1. The van der Waals surface area contributed by atoms with Gasteiger partial charge in [0.1, 0.15) is 0 Å². The van der Waals surface area contributed by atoms with E-state index < -0.39 is 0 Å². The fourth-order valence-corrected chi connectivity index (χ4v) is 4.69. The highest BCUT2D eigenvalue weighted by Crippen LogP contribution is 2.36. The molecule has 6 aromatic rings. The quantitative estimate of drug-likeness (QED) is 0.217. The van der Waals surface area contributed by atoms with Crippen LogP contribution in [0.3, 0.4) is 0 Å². The van der Waals surface area contributed by atoms with Crippen LogP contribution in [0, 0.1) is 0 Å². The molecule has 35 heavy (non-hydrogen) atoms. The van der Waals surface area contributed by atoms with Crippen molar-refractivity contribution < 1.29 is 0 Å². The molecule has 0 aliphatic rings. The van der Waals surface area contributed by atoms with Gasteiger partial charge in [0.15, 0.2) is 0 Å². The van der Waals surface area contributed by atoms with Crippen LogP contribution in [0.5, 0.6) is 0 Å². The second-order valence-corrected chi connectivity index (χ2v) is 8.73. The topological polar surface area (TPSA) is 95.0 Å². The number of nitrogens with one attached hydrogen (secondary N) is 1. The Hall–Kier alpha value is -4.90. The molecule has 0 saturated carbocycles. The summed E-state index contributed by atoms with van der Waals surface area (Å²) in [6, 6.07) is 36.7. The highest BCUT2D eigenvalue weighted by molar-refractivity contribution is 6.10. The summed E-state index contributed by atoms with van der Waals surface area (Å²) in [5, 5.41) is 5.83. The number of hydrogen-bond donors (Lipinski definition) is 4. The second kappa shape index (κ2) is 8.15. The van der Waals surface area contributed by atoms with Crippen molar-refractivity contribution in [3.63, 3.8) is 0 Å². The Labute approximate surface area is 203 Å². The van der Waals surface area contributed by atoms with E-state index >= 15 is 0 Å². The molecular weight excluding hydrogens is 430 g/mol. The summed E-state index contributed by atoms with van der Waals surface area (Å²) in [6.45, 7) is 0. The smallest absolute Gasteiger partial charge is 0.0542 e. The number of rotatable bonds is 4. The molecule has 0 unspecified atom stereocenters. The Bertz CT molecular complexity index is 1680. The Kier molecular flexibility index (Phi) is 4.82. The monoisotopic (exact) mass is 455 g/mol. The first-order valence-corrected chi connectivity index (χ1v) is 11.5. The first-order chi connectivity index (χ1) is 17.1. The second-order valence-electron chi connectivity index (χ2n) is 8.73. The van der Waals surface area contributed by atoms with E-state index in [2.05, 4.69) is 64.5 Å². The molecule has 170 valence electrons. The third-order valence-electron chi connectivity index (χ3n) is 6.37. The van der Waals surface area contributed by atoms with Gasteiger partial charge in [-0.2, -0.15) is 0 Å². The molecule has 1 aromatic heterocycles. The maximum Gasteiger partial charge on any atom is 0.0542 e. The summed E-state index contributed by atoms with van der Waals surface area (Å²) in [7, 11) is 0. The standard InChI is InChI=1S/C30H25N5/c31-20-7-11-23(12-8-20)34-28-15-9-21(32)17-26(28)19-5-13-24(14-6-19)35-29-4-2-1-3-25(29)27-18-22(33)10-16-30(27)35/h1-18,34H,31-33H2. The molecule has 0 aliphatic carbocycles. The molecule has 7 N–H and O–H groups in total. The molecule has 0 spiro atoms. The Morgan fingerprint density at radius 1 is 0.543 bits per heavy atom. The van der Waals surface area contributed by atoms with Crippen LogP contribution in [-0.2, 0) is 0 Å². The van der Waals surface area contributed by atoms with Gasteiger partial charge in [-0.05, 0) is 84.4 Å². The van der Waals surface area contributed by atoms with Crippen molar-refractivity contribution in [2.75, 3.05) is 22.5 Å². The average Bonchev–Trinajstić information content (AvgIpc) is 3.20. The molecule has 0 bridgehead atoms. The largest absolute Gasteiger partial charge is 0.399 e. The van der Waals surface area contributed by atoms with Crippen LogP contribution in [-0.4, -0.2) is 4.57 Å². The maximum absolute atomic E-state index is 6.16. The predicted molar refractivity (Wildman–Crippen MR) is 149 cm³/mol. The third kappa shape index (κ3) is 3.69. The number of nitrogen functional groups attached to an aromatic ring is 3. The van der Waals surface area contributed by atoms with Gasteiger partial charge in [0.25, 0.3) is 0 Å². The number of anilines is 5. The summed E-state index contributed by atoms with van der Waals surface area (Å²) in [4.78, 5) is 0. The normalized spacial score (nSPS) is 11.2. The van der Waals surface area contributed by atoms with Gasteiger partial charge < -0.3 is 27.1 Å². The zero-order valence-electron chi connectivity index (χ0n) is 19.1. The molecule has 0 radical (unpaired) electrons. The molecule has 0 saturated heterocycles. The van der Waals surface area contributed by atoms with Gasteiger partial charge in [-0.25, -0.2) is 0 Å². The summed E-state index contributed by atoms with van der Waals surface area (Å²) in [6.07, 6.45) is 0. The van der Waals surface area contributed by atoms with Crippen LogP contribution in [0.25, 0.3) is 38.6 Å². The van der Waals surface area contributed by atoms with Crippen LogP contribution in [0.15, 0.2) is 109 Å². The lowest BCUT2D eigenvalue weighted by atomic mass is 10.0. The minimum absolute atomic E-state index is 0.715. The molecule has 0 amide bonds. The van der Waals surface area contributed by atoms with E-state index in [4.69, 9.17) is 17.2 Å². The summed E-state index contributed by atoms with van der Waals surface area (Å²) in [5.74, 6) is 0. The highest BCUT2D eigenvalue weighted by atomic mass is 15.0. The lowest BCUT2D eigenvalue weighted by molar-refractivity contribution is 1.18. The predicted octanol–water partition coefficient (Wildman–Crippen LogP) is 6.94. The van der Waals surface area contributed by atoms with Crippen molar-refractivity contribution in [2.24, 2.45) is 0 Å². The average molecular weight is 456 g/mol. The fraction of sp³-hybridized carbons (Fsp3) is 0. The van der Waals surface area contributed by atoms with Gasteiger partial charge in [-0.15, -0.1) is 0 Å². The lowest BCUT2D eigenvalue weighted by Crippen LogP contribution is -1.97. The lowest BCUT2D eigenvalue weighted by Gasteiger charge is -2.15. The van der Waals surface area contributed by atoms with Crippen LogP contribution < -0.4 is 22.5 Å². The van der Waals surface area contributed by atoms with Crippen molar-refractivity contribution in [3.8, 4) is 16.8 Å². The summed E-state index contributed by atoms with van der Waals surface area (Å²) in [5.41, 5.74) is 27.7. The first kappa shape index (κ1) is 20.7. The Morgan fingerprint density at radius 2 is 1.20 bits per heavy atom. The number of fused-ring (bicyclic) bond motifs is 3. The van der Waals surface area contributed by atoms with Gasteiger partial charge in [-0.1, -0.05) is 30.3 Å². The minimum atomic E-state index is 0.715.